The molecule has 0 saturated carbocycles. The number of likely N-dealkylation sites (tertiary alicyclic amines) is 1. The summed E-state index contributed by atoms with van der Waals surface area (Å²) in [6.07, 6.45) is 5.29. The SMILES string of the molecule is CC(CNC(=O)CCCN)N1CCCCC1. The van der Waals surface area contributed by atoms with E-state index in [4.69, 9.17) is 5.73 Å². The summed E-state index contributed by atoms with van der Waals surface area (Å²) in [7, 11) is 0. The van der Waals surface area contributed by atoms with Crippen molar-refractivity contribution in [1.29, 1.82) is 0 Å². The summed E-state index contributed by atoms with van der Waals surface area (Å²) in [5.41, 5.74) is 5.36. The van der Waals surface area contributed by atoms with Crippen LogP contribution in [0.3, 0.4) is 0 Å². The second-order valence-corrected chi connectivity index (χ2v) is 4.64. The minimum absolute atomic E-state index is 0.134. The summed E-state index contributed by atoms with van der Waals surface area (Å²) in [4.78, 5) is 13.9. The van der Waals surface area contributed by atoms with Gasteiger partial charge in [0.25, 0.3) is 0 Å². The molecule has 1 saturated heterocycles. The highest BCUT2D eigenvalue weighted by Crippen LogP contribution is 2.11. The Morgan fingerprint density at radius 2 is 2.06 bits per heavy atom. The number of hydrogen-bond donors (Lipinski definition) is 2. The zero-order valence-corrected chi connectivity index (χ0v) is 10.4. The highest BCUT2D eigenvalue weighted by atomic mass is 16.1. The van der Waals surface area contributed by atoms with Crippen LogP contribution in [0.25, 0.3) is 0 Å². The van der Waals surface area contributed by atoms with Crippen LogP contribution in [0.4, 0.5) is 0 Å². The quantitative estimate of drug-likeness (QED) is 0.703. The predicted molar refractivity (Wildman–Crippen MR) is 66.2 cm³/mol. The molecule has 1 heterocycles. The van der Waals surface area contributed by atoms with E-state index < -0.39 is 0 Å². The third-order valence-electron chi connectivity index (χ3n) is 3.22. The van der Waals surface area contributed by atoms with E-state index >= 15 is 0 Å². The molecular formula is C12H25N3O. The molecule has 0 aromatic rings. The van der Waals surface area contributed by atoms with Crippen LogP contribution in [-0.4, -0.2) is 43.0 Å². The highest BCUT2D eigenvalue weighted by Gasteiger charge is 2.16. The smallest absolute Gasteiger partial charge is 0.220 e. The van der Waals surface area contributed by atoms with E-state index in [0.29, 0.717) is 19.0 Å². The van der Waals surface area contributed by atoms with Crippen molar-refractivity contribution in [2.24, 2.45) is 5.73 Å². The fraction of sp³-hybridized carbons (Fsp3) is 0.917. The predicted octanol–water partition coefficient (Wildman–Crippen LogP) is 0.716. The fourth-order valence-electron chi connectivity index (χ4n) is 2.10. The summed E-state index contributed by atoms with van der Waals surface area (Å²) in [5.74, 6) is 0.134. The van der Waals surface area contributed by atoms with Gasteiger partial charge in [-0.25, -0.2) is 0 Å². The second kappa shape index (κ2) is 7.63. The number of carbonyl (C=O) groups is 1. The summed E-state index contributed by atoms with van der Waals surface area (Å²) >= 11 is 0. The van der Waals surface area contributed by atoms with Gasteiger partial charge < -0.3 is 11.1 Å². The van der Waals surface area contributed by atoms with Crippen molar-refractivity contribution >= 4 is 5.91 Å². The number of nitrogens with two attached hydrogens (primary N) is 1. The molecule has 0 bridgehead atoms. The van der Waals surface area contributed by atoms with Crippen LogP contribution in [0.15, 0.2) is 0 Å². The zero-order valence-electron chi connectivity index (χ0n) is 10.4. The monoisotopic (exact) mass is 227 g/mol. The Balaban J connectivity index is 2.13. The molecule has 1 fully saturated rings. The summed E-state index contributed by atoms with van der Waals surface area (Å²) in [6.45, 7) is 5.91. The first kappa shape index (κ1) is 13.5. The lowest BCUT2D eigenvalue weighted by molar-refractivity contribution is -0.121. The van der Waals surface area contributed by atoms with Gasteiger partial charge in [-0.1, -0.05) is 6.42 Å². The van der Waals surface area contributed by atoms with Gasteiger partial charge in [-0.05, 0) is 45.8 Å². The van der Waals surface area contributed by atoms with Crippen LogP contribution in [0.5, 0.6) is 0 Å². The Bertz CT molecular complexity index is 202. The number of hydrogen-bond acceptors (Lipinski definition) is 3. The van der Waals surface area contributed by atoms with Crippen LogP contribution in [0.1, 0.15) is 39.0 Å². The maximum Gasteiger partial charge on any atom is 0.220 e. The Morgan fingerprint density at radius 1 is 1.38 bits per heavy atom. The molecule has 4 heteroatoms. The number of nitrogens with one attached hydrogen (secondary N) is 1. The molecule has 1 amide bonds. The molecule has 0 aromatic carbocycles. The van der Waals surface area contributed by atoms with Gasteiger partial charge in [0.15, 0.2) is 0 Å². The maximum atomic E-state index is 11.4. The first-order valence-corrected chi connectivity index (χ1v) is 6.45. The second-order valence-electron chi connectivity index (χ2n) is 4.64. The molecule has 1 aliphatic heterocycles. The first-order chi connectivity index (χ1) is 7.74. The Kier molecular flexibility index (Phi) is 6.42. The molecule has 0 radical (unpaired) electrons. The summed E-state index contributed by atoms with van der Waals surface area (Å²) in [5, 5.41) is 2.98. The van der Waals surface area contributed by atoms with Crippen molar-refractivity contribution < 1.29 is 4.79 Å². The lowest BCUT2D eigenvalue weighted by Gasteiger charge is -2.32. The third kappa shape index (κ3) is 4.94. The van der Waals surface area contributed by atoms with Gasteiger partial charge in [0, 0.05) is 19.0 Å². The molecule has 94 valence electrons. The minimum Gasteiger partial charge on any atom is -0.355 e. The van der Waals surface area contributed by atoms with E-state index in [9.17, 15) is 4.79 Å². The van der Waals surface area contributed by atoms with Crippen molar-refractivity contribution in [2.75, 3.05) is 26.2 Å². The first-order valence-electron chi connectivity index (χ1n) is 6.45. The number of amides is 1. The van der Waals surface area contributed by atoms with Gasteiger partial charge >= 0.3 is 0 Å². The van der Waals surface area contributed by atoms with Crippen LogP contribution in [-0.2, 0) is 4.79 Å². The molecule has 1 atom stereocenters. The summed E-state index contributed by atoms with van der Waals surface area (Å²) < 4.78 is 0. The Morgan fingerprint density at radius 3 is 2.69 bits per heavy atom. The maximum absolute atomic E-state index is 11.4. The standard InChI is InChI=1S/C12H25N3O/c1-11(15-8-3-2-4-9-15)10-14-12(16)6-5-7-13/h11H,2-10,13H2,1H3,(H,14,16). The molecule has 1 unspecified atom stereocenters. The molecule has 0 spiro atoms. The Hall–Kier alpha value is -0.610. The van der Waals surface area contributed by atoms with Crippen LogP contribution < -0.4 is 11.1 Å². The van der Waals surface area contributed by atoms with Crippen LogP contribution in [0.2, 0.25) is 0 Å². The van der Waals surface area contributed by atoms with Crippen molar-refractivity contribution in [1.82, 2.24) is 10.2 Å². The van der Waals surface area contributed by atoms with Crippen LogP contribution >= 0.6 is 0 Å². The van der Waals surface area contributed by atoms with E-state index in [0.717, 1.165) is 13.0 Å². The lowest BCUT2D eigenvalue weighted by atomic mass is 10.1. The molecule has 0 aliphatic carbocycles. The van der Waals surface area contributed by atoms with Crippen molar-refractivity contribution in [3.05, 3.63) is 0 Å². The number of carbonyl (C=O) groups excluding carboxylic acids is 1. The largest absolute Gasteiger partial charge is 0.355 e. The number of nitrogens with zero attached hydrogens (tertiary/aromatic N) is 1. The van der Waals surface area contributed by atoms with E-state index in [2.05, 4.69) is 17.1 Å². The van der Waals surface area contributed by atoms with Gasteiger partial charge in [0.05, 0.1) is 0 Å². The Labute approximate surface area is 98.6 Å². The average Bonchev–Trinajstić information content (AvgIpc) is 2.34. The third-order valence-corrected chi connectivity index (χ3v) is 3.22. The molecule has 1 rings (SSSR count). The van der Waals surface area contributed by atoms with Crippen molar-refractivity contribution in [3.63, 3.8) is 0 Å². The number of piperidine rings is 1. The topological polar surface area (TPSA) is 58.4 Å². The highest BCUT2D eigenvalue weighted by molar-refractivity contribution is 5.75. The van der Waals surface area contributed by atoms with Gasteiger partial charge in [-0.3, -0.25) is 9.69 Å². The van der Waals surface area contributed by atoms with E-state index in [1.54, 1.807) is 0 Å². The molecule has 0 aromatic heterocycles. The molecular weight excluding hydrogens is 202 g/mol. The van der Waals surface area contributed by atoms with Crippen molar-refractivity contribution in [2.45, 2.75) is 45.1 Å². The van der Waals surface area contributed by atoms with E-state index in [1.807, 2.05) is 0 Å². The van der Waals surface area contributed by atoms with Gasteiger partial charge in [0.2, 0.25) is 5.91 Å². The lowest BCUT2D eigenvalue weighted by Crippen LogP contribution is -2.44. The van der Waals surface area contributed by atoms with E-state index in [1.165, 1.54) is 32.4 Å². The zero-order chi connectivity index (χ0) is 11.8. The van der Waals surface area contributed by atoms with Gasteiger partial charge in [-0.2, -0.15) is 0 Å². The molecule has 4 nitrogen and oxygen atoms in total. The normalized spacial score (nSPS) is 19.4. The van der Waals surface area contributed by atoms with E-state index in [-0.39, 0.29) is 5.91 Å². The molecule has 1 aliphatic rings. The van der Waals surface area contributed by atoms with Gasteiger partial charge in [0.1, 0.15) is 0 Å². The van der Waals surface area contributed by atoms with Crippen molar-refractivity contribution in [3.8, 4) is 0 Å². The van der Waals surface area contributed by atoms with Crippen LogP contribution in [0, 0.1) is 0 Å². The minimum atomic E-state index is 0.134. The van der Waals surface area contributed by atoms with Gasteiger partial charge in [-0.15, -0.1) is 0 Å². The number of rotatable bonds is 6. The molecule has 16 heavy (non-hydrogen) atoms. The fourth-order valence-corrected chi connectivity index (χ4v) is 2.10. The average molecular weight is 227 g/mol. The molecule has 3 N–H and O–H groups in total. The summed E-state index contributed by atoms with van der Waals surface area (Å²) in [6, 6.07) is 0.460.